The maximum atomic E-state index is 12.8. The standard InChI is InChI=1S/C16H23N3O/c1-11-9-13(10-15(17)18-11)16(20)19-8-4-6-12-5-2-3-7-14(12)19/h9-10,12,14H,2-8H2,1H3,(H2,17,18)/t12-,14-/m1/s1. The molecule has 108 valence electrons. The molecule has 1 aliphatic carbocycles. The number of aryl methyl sites for hydroxylation is 1. The molecule has 0 radical (unpaired) electrons. The molecule has 2 fully saturated rings. The van der Waals surface area contributed by atoms with E-state index >= 15 is 0 Å². The van der Waals surface area contributed by atoms with E-state index in [2.05, 4.69) is 9.88 Å². The van der Waals surface area contributed by atoms with Crippen molar-refractivity contribution in [2.24, 2.45) is 5.92 Å². The van der Waals surface area contributed by atoms with Gasteiger partial charge in [0.1, 0.15) is 5.82 Å². The first-order valence-corrected chi connectivity index (χ1v) is 7.70. The zero-order chi connectivity index (χ0) is 14.1. The Labute approximate surface area is 120 Å². The van der Waals surface area contributed by atoms with Crippen LogP contribution in [0.5, 0.6) is 0 Å². The Bertz CT molecular complexity index is 492. The molecule has 4 heteroatoms. The van der Waals surface area contributed by atoms with Crippen molar-refractivity contribution in [1.29, 1.82) is 0 Å². The fraction of sp³-hybridized carbons (Fsp3) is 0.625. The Morgan fingerprint density at radius 1 is 1.25 bits per heavy atom. The molecule has 1 aromatic heterocycles. The SMILES string of the molecule is Cc1cc(C(=O)N2CCC[C@H]3CCCC[C@H]32)cc(N)n1. The highest BCUT2D eigenvalue weighted by Gasteiger charge is 2.36. The van der Waals surface area contributed by atoms with Crippen LogP contribution in [0.1, 0.15) is 54.6 Å². The number of likely N-dealkylation sites (tertiary alicyclic amines) is 1. The van der Waals surface area contributed by atoms with Crippen LogP contribution in [0, 0.1) is 12.8 Å². The second kappa shape index (κ2) is 5.43. The van der Waals surface area contributed by atoms with Gasteiger partial charge >= 0.3 is 0 Å². The number of fused-ring (bicyclic) bond motifs is 1. The third-order valence-electron chi connectivity index (χ3n) is 4.72. The van der Waals surface area contributed by atoms with Crippen LogP contribution in [-0.2, 0) is 0 Å². The van der Waals surface area contributed by atoms with Crippen LogP contribution in [-0.4, -0.2) is 28.4 Å². The second-order valence-corrected chi connectivity index (χ2v) is 6.17. The number of anilines is 1. The number of aromatic nitrogens is 1. The number of nitrogens with zero attached hydrogens (tertiary/aromatic N) is 2. The summed E-state index contributed by atoms with van der Waals surface area (Å²) in [7, 11) is 0. The molecule has 2 atom stereocenters. The van der Waals surface area contributed by atoms with E-state index < -0.39 is 0 Å². The van der Waals surface area contributed by atoms with Crippen LogP contribution in [0.4, 0.5) is 5.82 Å². The lowest BCUT2D eigenvalue weighted by molar-refractivity contribution is 0.0390. The van der Waals surface area contributed by atoms with E-state index in [9.17, 15) is 4.79 Å². The van der Waals surface area contributed by atoms with E-state index in [1.807, 2.05) is 13.0 Å². The fourth-order valence-corrected chi connectivity index (χ4v) is 3.86. The number of nitrogens with two attached hydrogens (primary N) is 1. The topological polar surface area (TPSA) is 59.2 Å². The summed E-state index contributed by atoms with van der Waals surface area (Å²) in [5.74, 6) is 1.28. The molecule has 1 aromatic rings. The summed E-state index contributed by atoms with van der Waals surface area (Å²) in [4.78, 5) is 19.1. The van der Waals surface area contributed by atoms with Crippen molar-refractivity contribution in [3.05, 3.63) is 23.4 Å². The molecule has 2 heterocycles. The van der Waals surface area contributed by atoms with Gasteiger partial charge in [0.2, 0.25) is 0 Å². The molecule has 0 unspecified atom stereocenters. The number of nitrogen functional groups attached to an aromatic ring is 1. The average Bonchev–Trinajstić information content (AvgIpc) is 2.45. The molecule has 3 rings (SSSR count). The molecule has 0 bridgehead atoms. The van der Waals surface area contributed by atoms with E-state index in [0.717, 1.165) is 25.1 Å². The van der Waals surface area contributed by atoms with Crippen molar-refractivity contribution in [2.45, 2.75) is 51.5 Å². The minimum atomic E-state index is 0.138. The number of rotatable bonds is 1. The fourth-order valence-electron chi connectivity index (χ4n) is 3.86. The van der Waals surface area contributed by atoms with E-state index in [-0.39, 0.29) is 5.91 Å². The van der Waals surface area contributed by atoms with Crippen LogP contribution in [0.2, 0.25) is 0 Å². The summed E-state index contributed by atoms with van der Waals surface area (Å²) in [6.07, 6.45) is 7.44. The monoisotopic (exact) mass is 273 g/mol. The zero-order valence-electron chi connectivity index (χ0n) is 12.1. The van der Waals surface area contributed by atoms with Gasteiger partial charge in [-0.1, -0.05) is 12.8 Å². The number of hydrogen-bond donors (Lipinski definition) is 1. The Morgan fingerprint density at radius 3 is 2.80 bits per heavy atom. The molecule has 2 aliphatic rings. The normalized spacial score (nSPS) is 26.1. The first-order valence-electron chi connectivity index (χ1n) is 7.70. The summed E-state index contributed by atoms with van der Waals surface area (Å²) in [6.45, 7) is 2.77. The van der Waals surface area contributed by atoms with Crippen molar-refractivity contribution in [1.82, 2.24) is 9.88 Å². The zero-order valence-corrected chi connectivity index (χ0v) is 12.1. The average molecular weight is 273 g/mol. The number of carbonyl (C=O) groups excluding carboxylic acids is 1. The van der Waals surface area contributed by atoms with Crippen LogP contribution in [0.25, 0.3) is 0 Å². The number of piperidine rings is 1. The lowest BCUT2D eigenvalue weighted by Crippen LogP contribution is -2.49. The maximum Gasteiger partial charge on any atom is 0.254 e. The molecule has 20 heavy (non-hydrogen) atoms. The molecule has 1 aliphatic heterocycles. The van der Waals surface area contributed by atoms with Gasteiger partial charge in [0, 0.05) is 23.8 Å². The molecule has 1 saturated heterocycles. The maximum absolute atomic E-state index is 12.8. The van der Waals surface area contributed by atoms with E-state index in [1.165, 1.54) is 25.7 Å². The van der Waals surface area contributed by atoms with Crippen molar-refractivity contribution in [3.63, 3.8) is 0 Å². The Morgan fingerprint density at radius 2 is 2.00 bits per heavy atom. The Hall–Kier alpha value is -1.58. The predicted molar refractivity (Wildman–Crippen MR) is 79.4 cm³/mol. The van der Waals surface area contributed by atoms with E-state index in [1.54, 1.807) is 6.07 Å². The Balaban J connectivity index is 1.84. The smallest absolute Gasteiger partial charge is 0.254 e. The van der Waals surface area contributed by atoms with Gasteiger partial charge in [0.25, 0.3) is 5.91 Å². The Kier molecular flexibility index (Phi) is 3.64. The van der Waals surface area contributed by atoms with Crippen molar-refractivity contribution < 1.29 is 4.79 Å². The highest BCUT2D eigenvalue weighted by Crippen LogP contribution is 2.36. The van der Waals surface area contributed by atoms with Gasteiger partial charge in [0.05, 0.1) is 0 Å². The van der Waals surface area contributed by atoms with E-state index in [4.69, 9.17) is 5.73 Å². The van der Waals surface area contributed by atoms with Gasteiger partial charge < -0.3 is 10.6 Å². The largest absolute Gasteiger partial charge is 0.384 e. The number of hydrogen-bond acceptors (Lipinski definition) is 3. The summed E-state index contributed by atoms with van der Waals surface area (Å²) < 4.78 is 0. The third-order valence-corrected chi connectivity index (χ3v) is 4.72. The molecule has 0 spiro atoms. The summed E-state index contributed by atoms with van der Waals surface area (Å²) in [5.41, 5.74) is 7.28. The van der Waals surface area contributed by atoms with E-state index in [0.29, 0.717) is 23.3 Å². The molecule has 2 N–H and O–H groups in total. The molecular weight excluding hydrogens is 250 g/mol. The highest BCUT2D eigenvalue weighted by molar-refractivity contribution is 5.95. The van der Waals surface area contributed by atoms with Gasteiger partial charge in [-0.25, -0.2) is 4.98 Å². The summed E-state index contributed by atoms with van der Waals surface area (Å²) in [5, 5.41) is 0. The first kappa shape index (κ1) is 13.4. The lowest BCUT2D eigenvalue weighted by atomic mass is 9.78. The van der Waals surface area contributed by atoms with Crippen LogP contribution in [0.15, 0.2) is 12.1 Å². The molecular formula is C16H23N3O. The first-order chi connectivity index (χ1) is 9.65. The predicted octanol–water partition coefficient (Wildman–Crippen LogP) is 2.77. The van der Waals surface area contributed by atoms with Crippen molar-refractivity contribution in [2.75, 3.05) is 12.3 Å². The minimum absolute atomic E-state index is 0.138. The van der Waals surface area contributed by atoms with Crippen molar-refractivity contribution in [3.8, 4) is 0 Å². The van der Waals surface area contributed by atoms with Crippen molar-refractivity contribution >= 4 is 11.7 Å². The van der Waals surface area contributed by atoms with Gasteiger partial charge in [-0.15, -0.1) is 0 Å². The summed E-state index contributed by atoms with van der Waals surface area (Å²) in [6, 6.07) is 4.01. The van der Waals surface area contributed by atoms with Gasteiger partial charge in [-0.2, -0.15) is 0 Å². The molecule has 0 aromatic carbocycles. The minimum Gasteiger partial charge on any atom is -0.384 e. The number of amides is 1. The number of pyridine rings is 1. The third kappa shape index (κ3) is 2.51. The van der Waals surface area contributed by atoms with Crippen LogP contribution in [0.3, 0.4) is 0 Å². The van der Waals surface area contributed by atoms with Crippen LogP contribution >= 0.6 is 0 Å². The molecule has 4 nitrogen and oxygen atoms in total. The molecule has 1 amide bonds. The highest BCUT2D eigenvalue weighted by atomic mass is 16.2. The lowest BCUT2D eigenvalue weighted by Gasteiger charge is -2.44. The van der Waals surface area contributed by atoms with Gasteiger partial charge in [-0.05, 0) is 50.7 Å². The number of carbonyl (C=O) groups is 1. The quantitative estimate of drug-likeness (QED) is 0.856. The second-order valence-electron chi connectivity index (χ2n) is 6.17. The summed E-state index contributed by atoms with van der Waals surface area (Å²) >= 11 is 0. The molecule has 1 saturated carbocycles. The van der Waals surface area contributed by atoms with Gasteiger partial charge in [-0.3, -0.25) is 4.79 Å². The van der Waals surface area contributed by atoms with Crippen LogP contribution < -0.4 is 5.73 Å². The van der Waals surface area contributed by atoms with Gasteiger partial charge in [0.15, 0.2) is 0 Å².